The lowest BCUT2D eigenvalue weighted by molar-refractivity contribution is -0.0494. The third-order valence-electron chi connectivity index (χ3n) is 1.53. The third-order valence-corrected chi connectivity index (χ3v) is 1.53. The lowest BCUT2D eigenvalue weighted by Gasteiger charge is -2.21. The van der Waals surface area contributed by atoms with E-state index in [-0.39, 0.29) is 12.2 Å². The summed E-state index contributed by atoms with van der Waals surface area (Å²) in [5.41, 5.74) is 5.18. The molecule has 0 amide bonds. The number of ether oxygens (including phenoxy) is 3. The molecule has 0 bridgehead atoms. The minimum Gasteiger partial charge on any atom is -0.423 e. The van der Waals surface area contributed by atoms with Crippen molar-refractivity contribution in [3.63, 3.8) is 0 Å². The SMILES string of the molecule is CC(C)(C)OCC1OC(=O)OC1N. The second kappa shape index (κ2) is 3.51. The number of cyclic esters (lactones) is 2. The fourth-order valence-corrected chi connectivity index (χ4v) is 0.866. The summed E-state index contributed by atoms with van der Waals surface area (Å²) in [7, 11) is 0. The molecule has 1 aliphatic rings. The van der Waals surface area contributed by atoms with Crippen molar-refractivity contribution in [1.29, 1.82) is 0 Å². The van der Waals surface area contributed by atoms with Gasteiger partial charge in [-0.25, -0.2) is 4.79 Å². The Morgan fingerprint density at radius 2 is 2.08 bits per heavy atom. The topological polar surface area (TPSA) is 70.8 Å². The van der Waals surface area contributed by atoms with E-state index in [4.69, 9.17) is 15.2 Å². The van der Waals surface area contributed by atoms with Crippen LogP contribution < -0.4 is 5.73 Å². The van der Waals surface area contributed by atoms with Crippen LogP contribution in [0.4, 0.5) is 4.79 Å². The molecule has 1 heterocycles. The number of hydrogen-bond acceptors (Lipinski definition) is 5. The van der Waals surface area contributed by atoms with Crippen molar-refractivity contribution in [3.05, 3.63) is 0 Å². The maximum Gasteiger partial charge on any atom is 0.510 e. The predicted octanol–water partition coefficient (Wildman–Crippen LogP) is 0.622. The van der Waals surface area contributed by atoms with Gasteiger partial charge >= 0.3 is 6.16 Å². The van der Waals surface area contributed by atoms with E-state index in [0.29, 0.717) is 0 Å². The van der Waals surface area contributed by atoms with Crippen molar-refractivity contribution in [3.8, 4) is 0 Å². The minimum atomic E-state index is -0.727. The minimum absolute atomic E-state index is 0.260. The first kappa shape index (κ1) is 10.3. The second-order valence-corrected chi connectivity index (χ2v) is 3.91. The molecule has 1 fully saturated rings. The number of carbonyl (C=O) groups is 1. The van der Waals surface area contributed by atoms with Gasteiger partial charge in [-0.3, -0.25) is 5.73 Å². The van der Waals surface area contributed by atoms with E-state index in [9.17, 15) is 4.79 Å². The maximum atomic E-state index is 10.6. The van der Waals surface area contributed by atoms with Crippen LogP contribution in [-0.4, -0.2) is 30.7 Å². The number of rotatable bonds is 2. The quantitative estimate of drug-likeness (QED) is 0.645. The van der Waals surface area contributed by atoms with Crippen LogP contribution in [0, 0.1) is 0 Å². The van der Waals surface area contributed by atoms with Crippen LogP contribution in [0.25, 0.3) is 0 Å². The van der Waals surface area contributed by atoms with Crippen LogP contribution in [0.3, 0.4) is 0 Å². The molecule has 0 aromatic rings. The number of nitrogens with two attached hydrogens (primary N) is 1. The average Bonchev–Trinajstić information content (AvgIpc) is 2.24. The highest BCUT2D eigenvalue weighted by molar-refractivity contribution is 5.62. The van der Waals surface area contributed by atoms with Gasteiger partial charge in [0.05, 0.1) is 12.2 Å². The van der Waals surface area contributed by atoms with Gasteiger partial charge in [0.1, 0.15) is 0 Å². The summed E-state index contributed by atoms with van der Waals surface area (Å²) >= 11 is 0. The fourth-order valence-electron chi connectivity index (χ4n) is 0.866. The molecule has 2 N–H and O–H groups in total. The van der Waals surface area contributed by atoms with Crippen molar-refractivity contribution in [2.24, 2.45) is 5.73 Å². The first-order valence-electron chi connectivity index (χ1n) is 4.15. The van der Waals surface area contributed by atoms with Gasteiger partial charge in [-0.15, -0.1) is 0 Å². The lowest BCUT2D eigenvalue weighted by atomic mass is 10.2. The van der Waals surface area contributed by atoms with Gasteiger partial charge in [-0.1, -0.05) is 0 Å². The van der Waals surface area contributed by atoms with Gasteiger partial charge in [0.2, 0.25) is 0 Å². The monoisotopic (exact) mass is 189 g/mol. The molecular weight excluding hydrogens is 174 g/mol. The Balaban J connectivity index is 2.34. The molecule has 0 spiro atoms. The van der Waals surface area contributed by atoms with Crippen LogP contribution in [0.1, 0.15) is 20.8 Å². The van der Waals surface area contributed by atoms with E-state index in [1.54, 1.807) is 0 Å². The molecule has 2 atom stereocenters. The molecule has 0 saturated carbocycles. The van der Waals surface area contributed by atoms with Gasteiger partial charge in [-0.05, 0) is 20.8 Å². The Morgan fingerprint density at radius 1 is 1.46 bits per heavy atom. The van der Waals surface area contributed by atoms with Crippen molar-refractivity contribution >= 4 is 6.16 Å². The largest absolute Gasteiger partial charge is 0.510 e. The molecule has 13 heavy (non-hydrogen) atoms. The fraction of sp³-hybridized carbons (Fsp3) is 0.875. The molecule has 0 radical (unpaired) electrons. The standard InChI is InChI=1S/C8H15NO4/c1-8(2,3)11-4-5-6(9)13-7(10)12-5/h5-6H,4,9H2,1-3H3. The summed E-state index contributed by atoms with van der Waals surface area (Å²) in [6.07, 6.45) is -1.93. The summed E-state index contributed by atoms with van der Waals surface area (Å²) < 4.78 is 14.7. The third kappa shape index (κ3) is 3.20. The van der Waals surface area contributed by atoms with Gasteiger partial charge in [0, 0.05) is 0 Å². The highest BCUT2D eigenvalue weighted by atomic mass is 16.8. The molecule has 1 aliphatic heterocycles. The zero-order valence-corrected chi connectivity index (χ0v) is 8.07. The Bertz CT molecular complexity index is 199. The van der Waals surface area contributed by atoms with Gasteiger partial charge in [0.15, 0.2) is 12.3 Å². The van der Waals surface area contributed by atoms with Crippen LogP contribution in [0.5, 0.6) is 0 Å². The van der Waals surface area contributed by atoms with Gasteiger partial charge in [0.25, 0.3) is 0 Å². The van der Waals surface area contributed by atoms with Crippen molar-refractivity contribution < 1.29 is 19.0 Å². The van der Waals surface area contributed by atoms with Crippen molar-refractivity contribution in [2.45, 2.75) is 38.7 Å². The van der Waals surface area contributed by atoms with Crippen molar-refractivity contribution in [1.82, 2.24) is 0 Å². The maximum absolute atomic E-state index is 10.6. The van der Waals surface area contributed by atoms with E-state index in [1.807, 2.05) is 20.8 Å². The summed E-state index contributed by atoms with van der Waals surface area (Å²) in [6.45, 7) is 6.00. The van der Waals surface area contributed by atoms with Gasteiger partial charge in [-0.2, -0.15) is 0 Å². The predicted molar refractivity (Wildman–Crippen MR) is 45.0 cm³/mol. The molecule has 1 saturated heterocycles. The first-order chi connectivity index (χ1) is 5.88. The molecule has 0 aromatic heterocycles. The van der Waals surface area contributed by atoms with Crippen molar-refractivity contribution in [2.75, 3.05) is 6.61 Å². The Hall–Kier alpha value is -0.810. The normalized spacial score (nSPS) is 28.5. The summed E-state index contributed by atoms with van der Waals surface area (Å²) in [5, 5.41) is 0. The highest BCUT2D eigenvalue weighted by Crippen LogP contribution is 2.15. The van der Waals surface area contributed by atoms with E-state index in [0.717, 1.165) is 0 Å². The summed E-state index contributed by atoms with van der Waals surface area (Å²) in [5.74, 6) is 0. The van der Waals surface area contributed by atoms with E-state index in [2.05, 4.69) is 4.74 Å². The van der Waals surface area contributed by atoms with Gasteiger partial charge < -0.3 is 14.2 Å². The van der Waals surface area contributed by atoms with E-state index >= 15 is 0 Å². The van der Waals surface area contributed by atoms with E-state index in [1.165, 1.54) is 0 Å². The Kier molecular flexibility index (Phi) is 2.77. The Morgan fingerprint density at radius 3 is 2.46 bits per heavy atom. The first-order valence-corrected chi connectivity index (χ1v) is 4.15. The van der Waals surface area contributed by atoms with Crippen LogP contribution in [-0.2, 0) is 14.2 Å². The van der Waals surface area contributed by atoms with Crippen LogP contribution in [0.2, 0.25) is 0 Å². The van der Waals surface area contributed by atoms with Crippen LogP contribution in [0.15, 0.2) is 0 Å². The smallest absolute Gasteiger partial charge is 0.423 e. The number of hydrogen-bond donors (Lipinski definition) is 1. The van der Waals surface area contributed by atoms with Crippen LogP contribution >= 0.6 is 0 Å². The van der Waals surface area contributed by atoms with E-state index < -0.39 is 18.5 Å². The molecule has 0 aliphatic carbocycles. The molecule has 1 rings (SSSR count). The second-order valence-electron chi connectivity index (χ2n) is 3.91. The zero-order chi connectivity index (χ0) is 10.1. The Labute approximate surface area is 77.1 Å². The summed E-state index contributed by atoms with van der Waals surface area (Å²) in [4.78, 5) is 10.6. The zero-order valence-electron chi connectivity index (χ0n) is 8.07. The highest BCUT2D eigenvalue weighted by Gasteiger charge is 2.34. The molecule has 76 valence electrons. The molecule has 2 unspecified atom stereocenters. The molecule has 5 heteroatoms. The summed E-state index contributed by atoms with van der Waals surface area (Å²) in [6, 6.07) is 0. The molecular formula is C8H15NO4. The average molecular weight is 189 g/mol. The lowest BCUT2D eigenvalue weighted by Crippen LogP contribution is -2.37. The molecule has 0 aromatic carbocycles. The molecule has 5 nitrogen and oxygen atoms in total. The number of carbonyl (C=O) groups excluding carboxylic acids is 1.